The highest BCUT2D eigenvalue weighted by molar-refractivity contribution is 5.93. The highest BCUT2D eigenvalue weighted by Gasteiger charge is 2.13. The molecule has 0 heterocycles. The fourth-order valence-corrected chi connectivity index (χ4v) is 1.44. The minimum absolute atomic E-state index is 0.118. The molecule has 0 aliphatic heterocycles. The third-order valence-corrected chi connectivity index (χ3v) is 2.55. The summed E-state index contributed by atoms with van der Waals surface area (Å²) in [7, 11) is 1.26. The Morgan fingerprint density at radius 3 is 2.63 bits per heavy atom. The monoisotopic (exact) mass is 265 g/mol. The van der Waals surface area contributed by atoms with Crippen LogP contribution in [-0.4, -0.2) is 37.0 Å². The molecule has 5 heteroatoms. The van der Waals surface area contributed by atoms with E-state index in [4.69, 9.17) is 0 Å². The van der Waals surface area contributed by atoms with Gasteiger partial charge >= 0.3 is 5.97 Å². The predicted octanol–water partition coefficient (Wildman–Crippen LogP) is 1.86. The summed E-state index contributed by atoms with van der Waals surface area (Å²) in [5.41, 5.74) is 0.324. The summed E-state index contributed by atoms with van der Waals surface area (Å²) in [6.45, 7) is 2.00. The largest absolute Gasteiger partial charge is 0.468 e. The second-order valence-corrected chi connectivity index (χ2v) is 3.78. The molecule has 0 aromatic heterocycles. The molecule has 0 atom stereocenters. The number of carbonyl (C=O) groups excluding carboxylic acids is 2. The summed E-state index contributed by atoms with van der Waals surface area (Å²) in [6.07, 6.45) is 2.63. The minimum Gasteiger partial charge on any atom is -0.468 e. The van der Waals surface area contributed by atoms with E-state index in [0.29, 0.717) is 12.1 Å². The van der Waals surface area contributed by atoms with Gasteiger partial charge in [-0.3, -0.25) is 9.59 Å². The van der Waals surface area contributed by atoms with E-state index >= 15 is 0 Å². The van der Waals surface area contributed by atoms with Crippen LogP contribution in [0, 0.1) is 5.82 Å². The number of benzene rings is 1. The van der Waals surface area contributed by atoms with Crippen molar-refractivity contribution in [1.82, 2.24) is 4.90 Å². The van der Waals surface area contributed by atoms with Crippen LogP contribution in [0.2, 0.25) is 0 Å². The summed E-state index contributed by atoms with van der Waals surface area (Å²) in [5, 5.41) is 0. The van der Waals surface area contributed by atoms with E-state index in [1.807, 2.05) is 0 Å². The lowest BCUT2D eigenvalue weighted by Crippen LogP contribution is -2.34. The molecule has 0 aliphatic rings. The van der Waals surface area contributed by atoms with Crippen LogP contribution in [0.4, 0.5) is 4.39 Å². The van der Waals surface area contributed by atoms with Crippen molar-refractivity contribution >= 4 is 18.0 Å². The van der Waals surface area contributed by atoms with Crippen LogP contribution in [0.15, 0.2) is 30.3 Å². The molecule has 0 saturated carbocycles. The van der Waals surface area contributed by atoms with Crippen molar-refractivity contribution in [3.63, 3.8) is 0 Å². The summed E-state index contributed by atoms with van der Waals surface area (Å²) < 4.78 is 17.8. The van der Waals surface area contributed by atoms with Crippen molar-refractivity contribution < 1.29 is 18.7 Å². The van der Waals surface area contributed by atoms with Crippen LogP contribution < -0.4 is 0 Å². The number of methoxy groups -OCH3 is 1. The first-order valence-corrected chi connectivity index (χ1v) is 5.86. The smallest absolute Gasteiger partial charge is 0.325 e. The van der Waals surface area contributed by atoms with Crippen molar-refractivity contribution in [2.45, 2.75) is 6.92 Å². The molecule has 0 radical (unpaired) electrons. The van der Waals surface area contributed by atoms with Crippen LogP contribution in [0.25, 0.3) is 6.08 Å². The molecular weight excluding hydrogens is 249 g/mol. The maximum absolute atomic E-state index is 13.3. The lowest BCUT2D eigenvalue weighted by Gasteiger charge is -2.17. The van der Waals surface area contributed by atoms with Crippen LogP contribution in [0.3, 0.4) is 0 Å². The van der Waals surface area contributed by atoms with E-state index in [2.05, 4.69) is 4.74 Å². The lowest BCUT2D eigenvalue weighted by molar-refractivity contribution is -0.145. The first kappa shape index (κ1) is 14.9. The fraction of sp³-hybridized carbons (Fsp3) is 0.286. The molecule has 0 N–H and O–H groups in total. The molecule has 19 heavy (non-hydrogen) atoms. The average Bonchev–Trinajstić information content (AvgIpc) is 2.43. The summed E-state index contributed by atoms with van der Waals surface area (Å²) in [5.74, 6) is -1.26. The number of esters is 1. The SMILES string of the molecule is CCN(CC(=O)OC)C(=O)/C=C/c1ccccc1F. The Kier molecular flexibility index (Phi) is 5.73. The second-order valence-electron chi connectivity index (χ2n) is 3.78. The molecule has 0 aliphatic carbocycles. The Morgan fingerprint density at radius 1 is 1.37 bits per heavy atom. The van der Waals surface area contributed by atoms with E-state index in [-0.39, 0.29) is 12.5 Å². The standard InChI is InChI=1S/C14H16FNO3/c1-3-16(10-14(18)19-2)13(17)9-8-11-6-4-5-7-12(11)15/h4-9H,3,10H2,1-2H3/b9-8+. The second kappa shape index (κ2) is 7.31. The van der Waals surface area contributed by atoms with Crippen molar-refractivity contribution in [2.24, 2.45) is 0 Å². The number of amides is 1. The number of hydrogen-bond donors (Lipinski definition) is 0. The van der Waals surface area contributed by atoms with Gasteiger partial charge in [0.05, 0.1) is 7.11 Å². The van der Waals surface area contributed by atoms with Gasteiger partial charge in [0.1, 0.15) is 12.4 Å². The molecule has 1 amide bonds. The maximum Gasteiger partial charge on any atom is 0.325 e. The van der Waals surface area contributed by atoms with E-state index in [1.54, 1.807) is 25.1 Å². The van der Waals surface area contributed by atoms with Gasteiger partial charge in [-0.25, -0.2) is 4.39 Å². The zero-order valence-corrected chi connectivity index (χ0v) is 10.9. The van der Waals surface area contributed by atoms with E-state index in [1.165, 1.54) is 30.2 Å². The third-order valence-electron chi connectivity index (χ3n) is 2.55. The number of nitrogens with zero attached hydrogens (tertiary/aromatic N) is 1. The Morgan fingerprint density at radius 2 is 2.05 bits per heavy atom. The van der Waals surface area contributed by atoms with Crippen molar-refractivity contribution in [2.75, 3.05) is 20.2 Å². The first-order valence-electron chi connectivity index (χ1n) is 5.86. The van der Waals surface area contributed by atoms with Gasteiger partial charge in [0.2, 0.25) is 5.91 Å². The summed E-state index contributed by atoms with van der Waals surface area (Å²) in [4.78, 5) is 24.2. The molecule has 102 valence electrons. The Bertz CT molecular complexity index is 485. The Labute approximate surface area is 111 Å². The third kappa shape index (κ3) is 4.54. The van der Waals surface area contributed by atoms with Crippen LogP contribution in [0.5, 0.6) is 0 Å². The highest BCUT2D eigenvalue weighted by Crippen LogP contribution is 2.08. The van der Waals surface area contributed by atoms with Gasteiger partial charge in [0.15, 0.2) is 0 Å². The zero-order chi connectivity index (χ0) is 14.3. The maximum atomic E-state index is 13.3. The topological polar surface area (TPSA) is 46.6 Å². The van der Waals surface area contributed by atoms with Gasteiger partial charge in [0.25, 0.3) is 0 Å². The van der Waals surface area contributed by atoms with Crippen LogP contribution in [-0.2, 0) is 14.3 Å². The number of likely N-dealkylation sites (N-methyl/N-ethyl adjacent to an activating group) is 1. The molecule has 0 unspecified atom stereocenters. The van der Waals surface area contributed by atoms with Crippen LogP contribution >= 0.6 is 0 Å². The molecule has 1 aromatic carbocycles. The van der Waals surface area contributed by atoms with Crippen LogP contribution in [0.1, 0.15) is 12.5 Å². The van der Waals surface area contributed by atoms with Crippen molar-refractivity contribution in [1.29, 1.82) is 0 Å². The number of halogens is 1. The normalized spacial score (nSPS) is 10.5. The summed E-state index contributed by atoms with van der Waals surface area (Å²) in [6, 6.07) is 6.13. The van der Waals surface area contributed by atoms with Gasteiger partial charge in [0, 0.05) is 18.2 Å². The number of ether oxygens (including phenoxy) is 1. The highest BCUT2D eigenvalue weighted by atomic mass is 19.1. The fourth-order valence-electron chi connectivity index (χ4n) is 1.44. The predicted molar refractivity (Wildman–Crippen MR) is 69.7 cm³/mol. The van der Waals surface area contributed by atoms with E-state index in [9.17, 15) is 14.0 Å². The molecule has 4 nitrogen and oxygen atoms in total. The minimum atomic E-state index is -0.491. The van der Waals surface area contributed by atoms with Crippen molar-refractivity contribution in [3.05, 3.63) is 41.7 Å². The van der Waals surface area contributed by atoms with Gasteiger partial charge in [-0.2, -0.15) is 0 Å². The van der Waals surface area contributed by atoms with Crippen molar-refractivity contribution in [3.8, 4) is 0 Å². The molecule has 0 fully saturated rings. The molecule has 0 bridgehead atoms. The number of rotatable bonds is 5. The molecule has 1 rings (SSSR count). The van der Waals surface area contributed by atoms with Gasteiger partial charge in [-0.1, -0.05) is 18.2 Å². The number of hydrogen-bond acceptors (Lipinski definition) is 3. The average molecular weight is 265 g/mol. The van der Waals surface area contributed by atoms with E-state index in [0.717, 1.165) is 0 Å². The Balaban J connectivity index is 2.72. The van der Waals surface area contributed by atoms with Gasteiger partial charge < -0.3 is 9.64 Å². The quantitative estimate of drug-likeness (QED) is 0.603. The molecule has 1 aromatic rings. The summed E-state index contributed by atoms with van der Waals surface area (Å²) >= 11 is 0. The molecule has 0 spiro atoms. The Hall–Kier alpha value is -2.17. The number of carbonyl (C=O) groups is 2. The van der Waals surface area contributed by atoms with E-state index < -0.39 is 11.8 Å². The molecule has 0 saturated heterocycles. The van der Waals surface area contributed by atoms with Gasteiger partial charge in [-0.05, 0) is 19.1 Å². The molecular formula is C14H16FNO3. The van der Waals surface area contributed by atoms with Gasteiger partial charge in [-0.15, -0.1) is 0 Å². The lowest BCUT2D eigenvalue weighted by atomic mass is 10.2. The zero-order valence-electron chi connectivity index (χ0n) is 10.9. The first-order chi connectivity index (χ1) is 9.08.